The summed E-state index contributed by atoms with van der Waals surface area (Å²) in [5.41, 5.74) is 3.81. The first kappa shape index (κ1) is 11.7. The summed E-state index contributed by atoms with van der Waals surface area (Å²) in [5.74, 6) is 2.00. The summed E-state index contributed by atoms with van der Waals surface area (Å²) < 4.78 is 0. The summed E-state index contributed by atoms with van der Waals surface area (Å²) >= 11 is 0. The number of allylic oxidation sites excluding steroid dienone is 2. The molecule has 1 nitrogen and oxygen atoms in total. The second kappa shape index (κ2) is 3.81. The lowest BCUT2D eigenvalue weighted by Gasteiger charge is -2.35. The number of rotatable bonds is 2. The second-order valence-corrected chi connectivity index (χ2v) is 6.39. The molecule has 1 fully saturated rings. The van der Waals surface area contributed by atoms with E-state index in [2.05, 4.69) is 32.9 Å². The van der Waals surface area contributed by atoms with E-state index >= 15 is 0 Å². The average molecular weight is 240 g/mol. The molecule has 2 bridgehead atoms. The minimum atomic E-state index is 0.407. The Morgan fingerprint density at radius 2 is 2.00 bits per heavy atom. The van der Waals surface area contributed by atoms with Crippen molar-refractivity contribution in [2.45, 2.75) is 27.2 Å². The maximum Gasteiger partial charge on any atom is 0.150 e. The molecule has 2 aliphatic rings. The Morgan fingerprint density at radius 1 is 1.28 bits per heavy atom. The first-order chi connectivity index (χ1) is 8.55. The van der Waals surface area contributed by atoms with Gasteiger partial charge in [-0.2, -0.15) is 0 Å². The van der Waals surface area contributed by atoms with Gasteiger partial charge in [0.25, 0.3) is 0 Å². The Kier molecular flexibility index (Phi) is 2.48. The van der Waals surface area contributed by atoms with Crippen molar-refractivity contribution in [1.82, 2.24) is 0 Å². The van der Waals surface area contributed by atoms with Crippen LogP contribution in [0.2, 0.25) is 0 Å². The predicted molar refractivity (Wildman–Crippen MR) is 74.3 cm³/mol. The highest BCUT2D eigenvalue weighted by atomic mass is 16.1. The molecule has 0 N–H and O–H groups in total. The van der Waals surface area contributed by atoms with E-state index in [9.17, 15) is 4.79 Å². The van der Waals surface area contributed by atoms with Gasteiger partial charge in [0.05, 0.1) is 0 Å². The molecule has 94 valence electrons. The Labute approximate surface area is 109 Å². The molecule has 0 heterocycles. The van der Waals surface area contributed by atoms with Crippen molar-refractivity contribution in [2.75, 3.05) is 0 Å². The molecule has 0 aliphatic heterocycles. The highest BCUT2D eigenvalue weighted by molar-refractivity contribution is 5.87. The van der Waals surface area contributed by atoms with E-state index in [1.165, 1.54) is 12.0 Å². The first-order valence-electron chi connectivity index (χ1n) is 6.82. The van der Waals surface area contributed by atoms with Crippen LogP contribution in [-0.2, 0) is 0 Å². The third-order valence-corrected chi connectivity index (χ3v) is 5.42. The quantitative estimate of drug-likeness (QED) is 0.708. The number of carbonyl (C=O) groups excluding carboxylic acids is 1. The van der Waals surface area contributed by atoms with E-state index in [1.807, 2.05) is 18.2 Å². The van der Waals surface area contributed by atoms with Gasteiger partial charge in [0.15, 0.2) is 6.29 Å². The Bertz CT molecular complexity index is 524. The van der Waals surface area contributed by atoms with E-state index in [4.69, 9.17) is 0 Å². The molecule has 1 heteroatoms. The fourth-order valence-electron chi connectivity index (χ4n) is 3.81. The lowest BCUT2D eigenvalue weighted by Crippen LogP contribution is -2.27. The molecule has 3 atom stereocenters. The molecule has 18 heavy (non-hydrogen) atoms. The molecule has 0 radical (unpaired) electrons. The van der Waals surface area contributed by atoms with E-state index in [1.54, 1.807) is 0 Å². The minimum Gasteiger partial charge on any atom is -0.298 e. The molecule has 1 aromatic carbocycles. The maximum atomic E-state index is 11.2. The van der Waals surface area contributed by atoms with Gasteiger partial charge in [0.1, 0.15) is 0 Å². The zero-order valence-corrected chi connectivity index (χ0v) is 11.3. The molecule has 0 aromatic heterocycles. The summed E-state index contributed by atoms with van der Waals surface area (Å²) in [7, 11) is 0. The number of hydrogen-bond donors (Lipinski definition) is 0. The largest absolute Gasteiger partial charge is 0.298 e. The first-order valence-corrected chi connectivity index (χ1v) is 6.82. The van der Waals surface area contributed by atoms with Crippen molar-refractivity contribution in [1.29, 1.82) is 0 Å². The number of aldehydes is 1. The SMILES string of the molecule is C[C@@H]1[C@H]2C[C@@H](C=C2c2ccccc2C=O)C1(C)C. The topological polar surface area (TPSA) is 17.1 Å². The van der Waals surface area contributed by atoms with Crippen LogP contribution in [0.25, 0.3) is 5.57 Å². The van der Waals surface area contributed by atoms with Gasteiger partial charge in [0, 0.05) is 5.56 Å². The van der Waals surface area contributed by atoms with Gasteiger partial charge in [-0.05, 0) is 40.7 Å². The highest BCUT2D eigenvalue weighted by Crippen LogP contribution is 2.60. The number of fused-ring (bicyclic) bond motifs is 2. The number of hydrogen-bond acceptors (Lipinski definition) is 1. The van der Waals surface area contributed by atoms with Crippen molar-refractivity contribution in [2.24, 2.45) is 23.2 Å². The van der Waals surface area contributed by atoms with Crippen LogP contribution >= 0.6 is 0 Å². The molecule has 3 rings (SSSR count). The van der Waals surface area contributed by atoms with Crippen molar-refractivity contribution in [3.63, 3.8) is 0 Å². The van der Waals surface area contributed by atoms with E-state index in [0.29, 0.717) is 23.2 Å². The van der Waals surface area contributed by atoms with Gasteiger partial charge < -0.3 is 0 Å². The van der Waals surface area contributed by atoms with Crippen molar-refractivity contribution < 1.29 is 4.79 Å². The second-order valence-electron chi connectivity index (χ2n) is 6.39. The van der Waals surface area contributed by atoms with Gasteiger partial charge in [0.2, 0.25) is 0 Å². The third-order valence-electron chi connectivity index (χ3n) is 5.42. The maximum absolute atomic E-state index is 11.2. The molecule has 1 saturated carbocycles. The van der Waals surface area contributed by atoms with Crippen LogP contribution in [0, 0.1) is 23.2 Å². The lowest BCUT2D eigenvalue weighted by molar-refractivity contribution is 0.112. The summed E-state index contributed by atoms with van der Waals surface area (Å²) in [4.78, 5) is 11.2. The number of benzene rings is 1. The van der Waals surface area contributed by atoms with Crippen molar-refractivity contribution in [3.8, 4) is 0 Å². The van der Waals surface area contributed by atoms with Crippen LogP contribution < -0.4 is 0 Å². The van der Waals surface area contributed by atoms with Crippen LogP contribution in [0.15, 0.2) is 30.3 Å². The Hall–Kier alpha value is -1.37. The molecule has 0 unspecified atom stereocenters. The molecule has 0 amide bonds. The lowest BCUT2D eigenvalue weighted by atomic mass is 9.69. The zero-order valence-electron chi connectivity index (χ0n) is 11.3. The molecular weight excluding hydrogens is 220 g/mol. The van der Waals surface area contributed by atoms with E-state index in [0.717, 1.165) is 17.4 Å². The van der Waals surface area contributed by atoms with Gasteiger partial charge in [-0.15, -0.1) is 0 Å². The van der Waals surface area contributed by atoms with Crippen LogP contribution in [0.5, 0.6) is 0 Å². The van der Waals surface area contributed by atoms with Crippen LogP contribution in [-0.4, -0.2) is 6.29 Å². The number of carbonyl (C=O) groups is 1. The highest BCUT2D eigenvalue weighted by Gasteiger charge is 2.51. The van der Waals surface area contributed by atoms with Gasteiger partial charge in [-0.25, -0.2) is 0 Å². The summed E-state index contributed by atoms with van der Waals surface area (Å²) in [5, 5.41) is 0. The molecule has 0 saturated heterocycles. The Balaban J connectivity index is 2.06. The molecular formula is C17H20O. The van der Waals surface area contributed by atoms with Crippen LogP contribution in [0.3, 0.4) is 0 Å². The van der Waals surface area contributed by atoms with Gasteiger partial charge in [-0.1, -0.05) is 51.1 Å². The van der Waals surface area contributed by atoms with Gasteiger partial charge in [-0.3, -0.25) is 4.79 Å². The molecule has 0 spiro atoms. The summed E-state index contributed by atoms with van der Waals surface area (Å²) in [6.07, 6.45) is 4.67. The van der Waals surface area contributed by atoms with E-state index < -0.39 is 0 Å². The van der Waals surface area contributed by atoms with Crippen LogP contribution in [0.1, 0.15) is 43.1 Å². The summed E-state index contributed by atoms with van der Waals surface area (Å²) in [6.45, 7) is 7.11. The smallest absolute Gasteiger partial charge is 0.150 e. The minimum absolute atomic E-state index is 0.407. The zero-order chi connectivity index (χ0) is 12.9. The van der Waals surface area contributed by atoms with Crippen molar-refractivity contribution >= 4 is 11.9 Å². The third kappa shape index (κ3) is 1.43. The van der Waals surface area contributed by atoms with Crippen molar-refractivity contribution in [3.05, 3.63) is 41.5 Å². The standard InChI is InChI=1S/C17H20O/c1-11-15-8-13(17(11,2)3)9-16(15)14-7-5-4-6-12(14)10-18/h4-7,9-11,13,15H,8H2,1-3H3/t11-,13+,15-/m1/s1. The normalized spacial score (nSPS) is 32.4. The molecule has 2 aliphatic carbocycles. The predicted octanol–water partition coefficient (Wildman–Crippen LogP) is 4.19. The average Bonchev–Trinajstić information content (AvgIpc) is 2.89. The fourth-order valence-corrected chi connectivity index (χ4v) is 3.81. The van der Waals surface area contributed by atoms with Gasteiger partial charge >= 0.3 is 0 Å². The molecule has 1 aromatic rings. The summed E-state index contributed by atoms with van der Waals surface area (Å²) in [6, 6.07) is 7.99. The Morgan fingerprint density at radius 3 is 2.61 bits per heavy atom. The monoisotopic (exact) mass is 240 g/mol. The van der Waals surface area contributed by atoms with E-state index in [-0.39, 0.29) is 0 Å². The van der Waals surface area contributed by atoms with Crippen LogP contribution in [0.4, 0.5) is 0 Å². The fraction of sp³-hybridized carbons (Fsp3) is 0.471.